The Kier molecular flexibility index (Phi) is 1.51. The number of aromatic amines is 2. The summed E-state index contributed by atoms with van der Waals surface area (Å²) in [4.78, 5) is 7.00. The van der Waals surface area contributed by atoms with Crippen molar-refractivity contribution in [3.05, 3.63) is 35.0 Å². The van der Waals surface area contributed by atoms with Gasteiger partial charge in [0.2, 0.25) is 0 Å². The molecule has 0 aliphatic heterocycles. The molecule has 2 N–H and O–H groups in total. The summed E-state index contributed by atoms with van der Waals surface area (Å²) in [5, 5.41) is 6.92. The second kappa shape index (κ2) is 2.96. The van der Waals surface area contributed by atoms with Crippen molar-refractivity contribution in [1.29, 1.82) is 0 Å². The lowest BCUT2D eigenvalue weighted by Gasteiger charge is -1.92. The number of fused-ring (bicyclic) bond motifs is 6. The fourth-order valence-electron chi connectivity index (χ4n) is 2.70. The number of H-pyrrole nitrogens is 2. The van der Waals surface area contributed by atoms with E-state index in [4.69, 9.17) is 0 Å². The molecule has 18 heavy (non-hydrogen) atoms. The van der Waals surface area contributed by atoms with Crippen molar-refractivity contribution >= 4 is 64.9 Å². The molecule has 0 aliphatic carbocycles. The molecule has 0 spiro atoms. The van der Waals surface area contributed by atoms with Crippen LogP contribution in [-0.2, 0) is 0 Å². The number of aromatic nitrogens is 2. The third-order valence-electron chi connectivity index (χ3n) is 3.52. The lowest BCUT2D eigenvalue weighted by molar-refractivity contribution is 1.55. The lowest BCUT2D eigenvalue weighted by Crippen LogP contribution is -1.70. The Morgan fingerprint density at radius 3 is 1.67 bits per heavy atom. The van der Waals surface area contributed by atoms with E-state index in [2.05, 4.69) is 45.0 Å². The van der Waals surface area contributed by atoms with Gasteiger partial charge in [-0.05, 0) is 35.0 Å². The highest BCUT2D eigenvalue weighted by atomic mass is 32.1. The van der Waals surface area contributed by atoms with E-state index in [1.54, 1.807) is 22.7 Å². The summed E-state index contributed by atoms with van der Waals surface area (Å²) in [5.74, 6) is 0. The van der Waals surface area contributed by atoms with Crippen molar-refractivity contribution in [2.45, 2.75) is 0 Å². The van der Waals surface area contributed by atoms with Crippen LogP contribution in [0.15, 0.2) is 35.0 Å². The van der Waals surface area contributed by atoms with Gasteiger partial charge < -0.3 is 9.97 Å². The number of rotatable bonds is 0. The summed E-state index contributed by atoms with van der Waals surface area (Å²) in [6.45, 7) is 0. The van der Waals surface area contributed by atoms with Crippen molar-refractivity contribution in [1.82, 2.24) is 9.97 Å². The first-order valence-electron chi connectivity index (χ1n) is 5.78. The molecule has 0 fully saturated rings. The number of hydrogen-bond donors (Lipinski definition) is 2. The van der Waals surface area contributed by atoms with Crippen molar-refractivity contribution in [2.24, 2.45) is 0 Å². The van der Waals surface area contributed by atoms with Gasteiger partial charge in [-0.25, -0.2) is 0 Å². The maximum absolute atomic E-state index is 3.50. The minimum atomic E-state index is 1.23. The Balaban J connectivity index is 2.10. The molecule has 0 atom stereocenters. The molecule has 0 unspecified atom stereocenters. The highest BCUT2D eigenvalue weighted by Gasteiger charge is 2.10. The van der Waals surface area contributed by atoms with Gasteiger partial charge in [0.05, 0.1) is 20.4 Å². The Morgan fingerprint density at radius 2 is 1.17 bits per heavy atom. The maximum atomic E-state index is 3.50. The monoisotopic (exact) mass is 268 g/mol. The second-order valence-electron chi connectivity index (χ2n) is 4.52. The standard InChI is InChI=1S/C14H8N2S2/c1-3-17-13-7-5-12-8(6-11(7)15-9(1)13)14-10(16-12)2-4-18-14/h1-6,15-16H. The van der Waals surface area contributed by atoms with E-state index >= 15 is 0 Å². The molecule has 5 rings (SSSR count). The number of benzene rings is 1. The fraction of sp³-hybridized carbons (Fsp3) is 0. The van der Waals surface area contributed by atoms with E-state index in [0.29, 0.717) is 0 Å². The maximum Gasteiger partial charge on any atom is 0.0599 e. The average Bonchev–Trinajstić information content (AvgIpc) is 3.04. The predicted molar refractivity (Wildman–Crippen MR) is 80.9 cm³/mol. The van der Waals surface area contributed by atoms with Crippen molar-refractivity contribution in [3.63, 3.8) is 0 Å². The molecule has 0 radical (unpaired) electrons. The van der Waals surface area contributed by atoms with E-state index in [-0.39, 0.29) is 0 Å². The summed E-state index contributed by atoms with van der Waals surface area (Å²) in [6, 6.07) is 8.84. The van der Waals surface area contributed by atoms with Gasteiger partial charge in [0, 0.05) is 21.8 Å². The Labute approximate surface area is 110 Å². The minimum absolute atomic E-state index is 1.23. The predicted octanol–water partition coefficient (Wildman–Crippen LogP) is 5.08. The Hall–Kier alpha value is -1.78. The molecule has 2 nitrogen and oxygen atoms in total. The normalized spacial score (nSPS) is 12.4. The molecule has 4 aromatic heterocycles. The first-order valence-corrected chi connectivity index (χ1v) is 7.54. The third kappa shape index (κ3) is 0.985. The molecular weight excluding hydrogens is 260 g/mol. The number of thiophene rings is 2. The van der Waals surface area contributed by atoms with Gasteiger partial charge in [-0.2, -0.15) is 0 Å². The van der Waals surface area contributed by atoms with Crippen LogP contribution >= 0.6 is 22.7 Å². The minimum Gasteiger partial charge on any atom is -0.354 e. The van der Waals surface area contributed by atoms with Crippen LogP contribution in [0.5, 0.6) is 0 Å². The van der Waals surface area contributed by atoms with Crippen LogP contribution in [0, 0.1) is 0 Å². The smallest absolute Gasteiger partial charge is 0.0599 e. The third-order valence-corrected chi connectivity index (χ3v) is 5.41. The molecule has 86 valence electrons. The molecule has 0 amide bonds. The molecule has 5 aromatic rings. The summed E-state index contributed by atoms with van der Waals surface area (Å²) in [7, 11) is 0. The van der Waals surface area contributed by atoms with E-state index in [1.165, 1.54) is 42.2 Å². The van der Waals surface area contributed by atoms with E-state index in [1.807, 2.05) is 0 Å². The molecule has 0 bridgehead atoms. The summed E-state index contributed by atoms with van der Waals surface area (Å²) in [5.41, 5.74) is 4.95. The molecule has 1 aromatic carbocycles. The van der Waals surface area contributed by atoms with Gasteiger partial charge in [-0.15, -0.1) is 22.7 Å². The fourth-order valence-corrected chi connectivity index (χ4v) is 4.47. The molecule has 4 heteroatoms. The van der Waals surface area contributed by atoms with Crippen LogP contribution in [-0.4, -0.2) is 9.97 Å². The van der Waals surface area contributed by atoms with Gasteiger partial charge in [-0.1, -0.05) is 0 Å². The molecule has 0 saturated heterocycles. The largest absolute Gasteiger partial charge is 0.354 e. The SMILES string of the molecule is c1cc2[nH]c3cc4c(cc3c2s1)[nH]c1ccsc14. The van der Waals surface area contributed by atoms with Crippen LogP contribution < -0.4 is 0 Å². The second-order valence-corrected chi connectivity index (χ2v) is 6.35. The average molecular weight is 268 g/mol. The van der Waals surface area contributed by atoms with Gasteiger partial charge in [0.1, 0.15) is 0 Å². The van der Waals surface area contributed by atoms with Crippen LogP contribution in [0.4, 0.5) is 0 Å². The first-order chi connectivity index (χ1) is 8.90. The van der Waals surface area contributed by atoms with Gasteiger partial charge in [-0.3, -0.25) is 0 Å². The van der Waals surface area contributed by atoms with Crippen LogP contribution in [0.1, 0.15) is 0 Å². The van der Waals surface area contributed by atoms with Crippen LogP contribution in [0.3, 0.4) is 0 Å². The Morgan fingerprint density at radius 1 is 0.667 bits per heavy atom. The Bertz CT molecular complexity index is 941. The van der Waals surface area contributed by atoms with Gasteiger partial charge >= 0.3 is 0 Å². The summed E-state index contributed by atoms with van der Waals surface area (Å²) >= 11 is 3.60. The topological polar surface area (TPSA) is 31.6 Å². The zero-order chi connectivity index (χ0) is 11.7. The number of hydrogen-bond acceptors (Lipinski definition) is 2. The first kappa shape index (κ1) is 9.19. The lowest BCUT2D eigenvalue weighted by atomic mass is 10.2. The van der Waals surface area contributed by atoms with E-state index in [0.717, 1.165) is 0 Å². The zero-order valence-electron chi connectivity index (χ0n) is 9.28. The summed E-state index contributed by atoms with van der Waals surface area (Å²) < 4.78 is 2.70. The van der Waals surface area contributed by atoms with E-state index in [9.17, 15) is 0 Å². The van der Waals surface area contributed by atoms with Gasteiger partial charge in [0.15, 0.2) is 0 Å². The van der Waals surface area contributed by atoms with Crippen LogP contribution in [0.2, 0.25) is 0 Å². The van der Waals surface area contributed by atoms with Crippen molar-refractivity contribution in [3.8, 4) is 0 Å². The number of nitrogens with one attached hydrogen (secondary N) is 2. The zero-order valence-corrected chi connectivity index (χ0v) is 10.9. The highest BCUT2D eigenvalue weighted by molar-refractivity contribution is 7.18. The van der Waals surface area contributed by atoms with Crippen LogP contribution in [0.25, 0.3) is 42.2 Å². The van der Waals surface area contributed by atoms with Gasteiger partial charge in [0.25, 0.3) is 0 Å². The quantitative estimate of drug-likeness (QED) is 0.392. The molecule has 4 heterocycles. The summed E-state index contributed by atoms with van der Waals surface area (Å²) in [6.07, 6.45) is 0. The molecule has 0 saturated carbocycles. The van der Waals surface area contributed by atoms with E-state index < -0.39 is 0 Å². The van der Waals surface area contributed by atoms with Crippen molar-refractivity contribution < 1.29 is 0 Å². The molecular formula is C14H8N2S2. The highest BCUT2D eigenvalue weighted by Crippen LogP contribution is 2.36. The molecule has 0 aliphatic rings. The van der Waals surface area contributed by atoms with Crippen molar-refractivity contribution in [2.75, 3.05) is 0 Å².